The van der Waals surface area contributed by atoms with Crippen molar-refractivity contribution in [1.82, 2.24) is 0 Å². The Hall–Kier alpha value is -1.43. The van der Waals surface area contributed by atoms with Gasteiger partial charge in [0.25, 0.3) is 0 Å². The summed E-state index contributed by atoms with van der Waals surface area (Å²) in [7, 11) is 2.65. The van der Waals surface area contributed by atoms with E-state index in [9.17, 15) is 9.70 Å². The first-order chi connectivity index (χ1) is 7.15. The first-order valence-corrected chi connectivity index (χ1v) is 4.78. The van der Waals surface area contributed by atoms with Crippen molar-refractivity contribution in [2.45, 2.75) is 0 Å². The van der Waals surface area contributed by atoms with E-state index in [1.165, 1.54) is 14.2 Å². The highest BCUT2D eigenvalue weighted by Crippen LogP contribution is 2.30. The van der Waals surface area contributed by atoms with Gasteiger partial charge in [-0.25, -0.2) is 4.79 Å². The predicted octanol–water partition coefficient (Wildman–Crippen LogP) is 0.723. The molecule has 0 bridgehead atoms. The molecule has 1 rings (SSSR count). The molecule has 1 N–H and O–H groups in total. The number of halogens is 1. The molecule has 0 atom stereocenters. The van der Waals surface area contributed by atoms with E-state index in [0.29, 0.717) is 4.47 Å². The Morgan fingerprint density at radius 1 is 1.40 bits per heavy atom. The number of rotatable bonds is 3. The lowest BCUT2D eigenvalue weighted by Crippen LogP contribution is -2.57. The number of esters is 1. The molecule has 15 heavy (non-hydrogen) atoms. The molecule has 0 saturated heterocycles. The first kappa shape index (κ1) is 11.6. The minimum Gasteiger partial charge on any atom is -0.490 e. The van der Waals surface area contributed by atoms with Crippen LogP contribution in [0.4, 0.5) is 5.69 Å². The Morgan fingerprint density at radius 2 is 2.07 bits per heavy atom. The summed E-state index contributed by atoms with van der Waals surface area (Å²) in [5, 5.41) is 1.67. The molecule has 0 saturated carbocycles. The van der Waals surface area contributed by atoms with Gasteiger partial charge in [0.15, 0.2) is 11.3 Å². The average Bonchev–Trinajstić information content (AvgIpc) is 2.27. The van der Waals surface area contributed by atoms with E-state index in [4.69, 9.17) is 4.74 Å². The minimum absolute atomic E-state index is 0.0544. The standard InChI is InChI=1S/C9H8BrNO4/c1-14-6-4-3-5(10)7(8(6)11-13)9(12)15-2/h3-4H,1-2H3/p+1. The maximum absolute atomic E-state index is 11.4. The molecule has 0 heterocycles. The summed E-state index contributed by atoms with van der Waals surface area (Å²) in [6.07, 6.45) is 0. The Bertz CT molecular complexity index is 405. The molecular formula is C9H9BrNO4+. The smallest absolute Gasteiger partial charge is 0.346 e. The van der Waals surface area contributed by atoms with Crippen LogP contribution in [0.15, 0.2) is 16.6 Å². The van der Waals surface area contributed by atoms with Crippen LogP contribution in [0.5, 0.6) is 5.75 Å². The van der Waals surface area contributed by atoms with E-state index in [-0.39, 0.29) is 17.0 Å². The monoisotopic (exact) mass is 274 g/mol. The fraction of sp³-hybridized carbons (Fsp3) is 0.222. The highest BCUT2D eigenvalue weighted by Gasteiger charge is 2.25. The Morgan fingerprint density at radius 3 is 2.53 bits per heavy atom. The molecule has 6 heteroatoms. The molecule has 0 aliphatic rings. The normalized spacial score (nSPS) is 9.53. The van der Waals surface area contributed by atoms with Crippen LogP contribution >= 0.6 is 15.9 Å². The molecular weight excluding hydrogens is 266 g/mol. The number of hydrogen-bond donors (Lipinski definition) is 1. The van der Waals surface area contributed by atoms with Crippen molar-refractivity contribution in [3.63, 3.8) is 0 Å². The van der Waals surface area contributed by atoms with Crippen molar-refractivity contribution in [3.05, 3.63) is 27.1 Å². The molecule has 5 nitrogen and oxygen atoms in total. The van der Waals surface area contributed by atoms with Crippen LogP contribution in [0, 0.1) is 4.91 Å². The summed E-state index contributed by atoms with van der Waals surface area (Å²) in [6, 6.07) is 3.17. The van der Waals surface area contributed by atoms with E-state index in [2.05, 4.69) is 20.7 Å². The van der Waals surface area contributed by atoms with Crippen molar-refractivity contribution >= 4 is 27.6 Å². The summed E-state index contributed by atoms with van der Waals surface area (Å²) >= 11 is 3.16. The van der Waals surface area contributed by atoms with Gasteiger partial charge in [0.2, 0.25) is 0 Å². The van der Waals surface area contributed by atoms with Crippen LogP contribution in [-0.4, -0.2) is 20.2 Å². The van der Waals surface area contributed by atoms with Crippen LogP contribution in [0.1, 0.15) is 10.4 Å². The third-order valence-corrected chi connectivity index (χ3v) is 2.49. The second-order valence-electron chi connectivity index (χ2n) is 2.59. The second-order valence-corrected chi connectivity index (χ2v) is 3.45. The lowest BCUT2D eigenvalue weighted by molar-refractivity contribution is -0.380. The fourth-order valence-corrected chi connectivity index (χ4v) is 1.62. The van der Waals surface area contributed by atoms with Gasteiger partial charge in [0, 0.05) is 14.6 Å². The number of nitroso groups, excluding NO2 is 1. The Kier molecular flexibility index (Phi) is 3.79. The maximum atomic E-state index is 11.4. The average molecular weight is 275 g/mol. The van der Waals surface area contributed by atoms with Crippen molar-refractivity contribution in [2.75, 3.05) is 14.2 Å². The summed E-state index contributed by atoms with van der Waals surface area (Å²) in [4.78, 5) is 22.1. The van der Waals surface area contributed by atoms with Gasteiger partial charge in [-0.15, -0.1) is 0 Å². The molecule has 0 aliphatic heterocycles. The third kappa shape index (κ3) is 2.15. The zero-order valence-electron chi connectivity index (χ0n) is 8.17. The van der Waals surface area contributed by atoms with Crippen LogP contribution in [-0.2, 0) is 4.74 Å². The van der Waals surface area contributed by atoms with Gasteiger partial charge >= 0.3 is 11.7 Å². The summed E-state index contributed by atoms with van der Waals surface area (Å²) in [6.45, 7) is 0. The van der Waals surface area contributed by atoms with Crippen LogP contribution in [0.3, 0.4) is 0 Å². The number of ether oxygens (including phenoxy) is 2. The summed E-state index contributed by atoms with van der Waals surface area (Å²) in [5.74, 6) is -0.326. The molecule has 0 aromatic heterocycles. The number of methoxy groups -OCH3 is 2. The predicted molar refractivity (Wildman–Crippen MR) is 56.0 cm³/mol. The number of hydrogen-bond acceptors (Lipinski definition) is 4. The van der Waals surface area contributed by atoms with Crippen LogP contribution in [0.25, 0.3) is 0 Å². The first-order valence-electron chi connectivity index (χ1n) is 3.98. The molecule has 0 spiro atoms. The van der Waals surface area contributed by atoms with Crippen LogP contribution < -0.4 is 9.91 Å². The van der Waals surface area contributed by atoms with Gasteiger partial charge in [-0.05, 0) is 28.1 Å². The second kappa shape index (κ2) is 4.88. The van der Waals surface area contributed by atoms with Gasteiger partial charge in [-0.3, -0.25) is 0 Å². The molecule has 0 aliphatic carbocycles. The van der Waals surface area contributed by atoms with Gasteiger partial charge < -0.3 is 9.47 Å². The molecule has 0 unspecified atom stereocenters. The number of carbonyl (C=O) groups is 1. The van der Waals surface area contributed by atoms with E-state index in [1.54, 1.807) is 17.3 Å². The Labute approximate surface area is 94.5 Å². The maximum Gasteiger partial charge on any atom is 0.346 e. The van der Waals surface area contributed by atoms with Gasteiger partial charge in [0.1, 0.15) is 0 Å². The van der Waals surface area contributed by atoms with E-state index in [1.807, 2.05) is 0 Å². The third-order valence-electron chi connectivity index (χ3n) is 1.83. The zero-order valence-corrected chi connectivity index (χ0v) is 9.75. The van der Waals surface area contributed by atoms with Crippen molar-refractivity contribution in [2.24, 2.45) is 0 Å². The van der Waals surface area contributed by atoms with Crippen LogP contribution in [0.2, 0.25) is 0 Å². The van der Waals surface area contributed by atoms with Gasteiger partial charge in [0.05, 0.1) is 14.2 Å². The summed E-state index contributed by atoms with van der Waals surface area (Å²) < 4.78 is 9.96. The lowest BCUT2D eigenvalue weighted by Gasteiger charge is -2.04. The van der Waals surface area contributed by atoms with E-state index in [0.717, 1.165) is 0 Å². The highest BCUT2D eigenvalue weighted by atomic mass is 79.9. The highest BCUT2D eigenvalue weighted by molar-refractivity contribution is 9.10. The Balaban J connectivity index is 3.45. The molecule has 1 aromatic carbocycles. The van der Waals surface area contributed by atoms with E-state index >= 15 is 0 Å². The fourth-order valence-electron chi connectivity index (χ4n) is 1.13. The molecule has 0 amide bonds. The summed E-state index contributed by atoms with van der Waals surface area (Å²) in [5.41, 5.74) is 0.172. The number of nitrogens with one attached hydrogen (secondary N) is 1. The van der Waals surface area contributed by atoms with E-state index < -0.39 is 5.97 Å². The minimum atomic E-state index is -0.612. The number of carbonyl (C=O) groups excluding carboxylic acids is 1. The zero-order chi connectivity index (χ0) is 11.4. The molecule has 80 valence electrons. The topological polar surface area (TPSA) is 66.6 Å². The molecule has 1 aromatic rings. The quantitative estimate of drug-likeness (QED) is 0.825. The number of benzene rings is 1. The molecule has 0 radical (unpaired) electrons. The lowest BCUT2D eigenvalue weighted by atomic mass is 10.1. The van der Waals surface area contributed by atoms with Crippen molar-refractivity contribution in [3.8, 4) is 5.75 Å². The largest absolute Gasteiger partial charge is 0.490 e. The van der Waals surface area contributed by atoms with Gasteiger partial charge in [-0.1, -0.05) is 0 Å². The molecule has 0 fully saturated rings. The van der Waals surface area contributed by atoms with Crippen molar-refractivity contribution < 1.29 is 19.4 Å². The van der Waals surface area contributed by atoms with Crippen molar-refractivity contribution in [1.29, 1.82) is 0 Å². The SMILES string of the molecule is COC(=O)c1c(Br)ccc(OC)c1[NH+]=O. The van der Waals surface area contributed by atoms with Gasteiger partial charge in [-0.2, -0.15) is 0 Å².